The Balaban J connectivity index is 1.85. The van der Waals surface area contributed by atoms with Crippen LogP contribution >= 0.6 is 0 Å². The number of carbonyl (C=O) groups excluding carboxylic acids is 1. The average Bonchev–Trinajstić information content (AvgIpc) is 2.79. The lowest BCUT2D eigenvalue weighted by Gasteiger charge is -2.06. The fraction of sp³-hybridized carbons (Fsp3) is 0.167. The van der Waals surface area contributed by atoms with Crippen molar-refractivity contribution >= 4 is 11.7 Å². The molecule has 88 valence electrons. The van der Waals surface area contributed by atoms with E-state index in [0.717, 1.165) is 11.4 Å². The molecular weight excluding hydrogens is 218 g/mol. The van der Waals surface area contributed by atoms with Gasteiger partial charge in [0.1, 0.15) is 5.76 Å². The van der Waals surface area contributed by atoms with Crippen molar-refractivity contribution in [2.45, 2.75) is 13.5 Å². The van der Waals surface area contributed by atoms with Crippen LogP contribution in [0.4, 0.5) is 10.5 Å². The summed E-state index contributed by atoms with van der Waals surface area (Å²) < 4.78 is 5.10. The Kier molecular flexibility index (Phi) is 3.40. The summed E-state index contributed by atoms with van der Waals surface area (Å²) in [6, 6.07) is 6.84. The summed E-state index contributed by atoms with van der Waals surface area (Å²) >= 11 is 0. The van der Waals surface area contributed by atoms with Crippen molar-refractivity contribution in [3.8, 4) is 0 Å². The SMILES string of the molecule is Cc1cc(NC(=O)NCc2ccco2)ccn1. The summed E-state index contributed by atoms with van der Waals surface area (Å²) in [5.41, 5.74) is 1.57. The number of hydrogen-bond acceptors (Lipinski definition) is 3. The van der Waals surface area contributed by atoms with Crippen molar-refractivity contribution < 1.29 is 9.21 Å². The zero-order valence-electron chi connectivity index (χ0n) is 9.43. The molecule has 0 saturated carbocycles. The van der Waals surface area contributed by atoms with Gasteiger partial charge in [0.25, 0.3) is 0 Å². The second-order valence-electron chi connectivity index (χ2n) is 3.57. The zero-order chi connectivity index (χ0) is 12.1. The van der Waals surface area contributed by atoms with Crippen LogP contribution in [0.25, 0.3) is 0 Å². The maximum absolute atomic E-state index is 11.5. The van der Waals surface area contributed by atoms with E-state index < -0.39 is 0 Å². The van der Waals surface area contributed by atoms with Gasteiger partial charge in [0, 0.05) is 17.6 Å². The van der Waals surface area contributed by atoms with Gasteiger partial charge in [-0.25, -0.2) is 4.79 Å². The van der Waals surface area contributed by atoms with Crippen LogP contribution in [0.1, 0.15) is 11.5 Å². The van der Waals surface area contributed by atoms with Crippen molar-refractivity contribution in [1.82, 2.24) is 10.3 Å². The van der Waals surface area contributed by atoms with E-state index >= 15 is 0 Å². The second kappa shape index (κ2) is 5.16. The molecule has 0 radical (unpaired) electrons. The van der Waals surface area contributed by atoms with Crippen LogP contribution in [0.3, 0.4) is 0 Å². The highest BCUT2D eigenvalue weighted by atomic mass is 16.3. The summed E-state index contributed by atoms with van der Waals surface area (Å²) in [4.78, 5) is 15.6. The van der Waals surface area contributed by atoms with E-state index in [2.05, 4.69) is 15.6 Å². The lowest BCUT2D eigenvalue weighted by molar-refractivity contribution is 0.251. The van der Waals surface area contributed by atoms with Gasteiger partial charge in [0.05, 0.1) is 12.8 Å². The van der Waals surface area contributed by atoms with Crippen LogP contribution in [0, 0.1) is 6.92 Å². The van der Waals surface area contributed by atoms with Crippen LogP contribution in [0.15, 0.2) is 41.1 Å². The third-order valence-corrected chi connectivity index (χ3v) is 2.16. The zero-order valence-corrected chi connectivity index (χ0v) is 9.43. The van der Waals surface area contributed by atoms with E-state index in [4.69, 9.17) is 4.42 Å². The number of hydrogen-bond donors (Lipinski definition) is 2. The monoisotopic (exact) mass is 231 g/mol. The number of pyridine rings is 1. The number of amides is 2. The van der Waals surface area contributed by atoms with Gasteiger partial charge in [-0.2, -0.15) is 0 Å². The number of anilines is 1. The molecule has 0 saturated heterocycles. The highest BCUT2D eigenvalue weighted by Crippen LogP contribution is 2.06. The lowest BCUT2D eigenvalue weighted by atomic mass is 10.3. The minimum absolute atomic E-state index is 0.271. The Morgan fingerprint density at radius 3 is 3.06 bits per heavy atom. The van der Waals surface area contributed by atoms with Crippen molar-refractivity contribution in [2.75, 3.05) is 5.32 Å². The summed E-state index contributed by atoms with van der Waals surface area (Å²) in [6.45, 7) is 2.23. The van der Waals surface area contributed by atoms with Crippen molar-refractivity contribution in [3.63, 3.8) is 0 Å². The first-order valence-corrected chi connectivity index (χ1v) is 5.24. The molecule has 2 aromatic rings. The Labute approximate surface area is 98.9 Å². The molecule has 2 rings (SSSR count). The molecule has 0 atom stereocenters. The molecule has 2 amide bonds. The first kappa shape index (κ1) is 11.2. The van der Waals surface area contributed by atoms with Gasteiger partial charge in [-0.1, -0.05) is 0 Å². The first-order chi connectivity index (χ1) is 8.24. The van der Waals surface area contributed by atoms with Gasteiger partial charge in [0.15, 0.2) is 0 Å². The fourth-order valence-electron chi connectivity index (χ4n) is 1.38. The second-order valence-corrected chi connectivity index (χ2v) is 3.57. The van der Waals surface area contributed by atoms with Crippen LogP contribution in [0.5, 0.6) is 0 Å². The summed E-state index contributed by atoms with van der Waals surface area (Å²) in [6.07, 6.45) is 3.22. The molecule has 5 nitrogen and oxygen atoms in total. The van der Waals surface area contributed by atoms with Crippen LogP contribution in [-0.4, -0.2) is 11.0 Å². The molecule has 2 heterocycles. The third-order valence-electron chi connectivity index (χ3n) is 2.16. The predicted octanol–water partition coefficient (Wildman–Crippen LogP) is 2.30. The molecule has 0 bridgehead atoms. The Morgan fingerprint density at radius 2 is 2.35 bits per heavy atom. The number of furan rings is 1. The van der Waals surface area contributed by atoms with Gasteiger partial charge < -0.3 is 15.1 Å². The third kappa shape index (κ3) is 3.34. The van der Waals surface area contributed by atoms with Crippen LogP contribution < -0.4 is 10.6 Å². The molecule has 17 heavy (non-hydrogen) atoms. The molecular formula is C12H13N3O2. The highest BCUT2D eigenvalue weighted by Gasteiger charge is 2.02. The quantitative estimate of drug-likeness (QED) is 0.851. The molecule has 0 unspecified atom stereocenters. The van der Waals surface area contributed by atoms with Gasteiger partial charge in [-0.05, 0) is 31.2 Å². The molecule has 2 aromatic heterocycles. The van der Waals surface area contributed by atoms with E-state index in [1.807, 2.05) is 6.92 Å². The van der Waals surface area contributed by atoms with Crippen LogP contribution in [-0.2, 0) is 6.54 Å². The largest absolute Gasteiger partial charge is 0.467 e. The van der Waals surface area contributed by atoms with E-state index in [-0.39, 0.29) is 6.03 Å². The van der Waals surface area contributed by atoms with Gasteiger partial charge in [0.2, 0.25) is 0 Å². The Hall–Kier alpha value is -2.30. The van der Waals surface area contributed by atoms with E-state index in [9.17, 15) is 4.79 Å². The summed E-state index contributed by atoms with van der Waals surface area (Å²) in [5.74, 6) is 0.714. The number of rotatable bonds is 3. The molecule has 0 aliphatic carbocycles. The van der Waals surface area contributed by atoms with E-state index in [0.29, 0.717) is 12.3 Å². The minimum Gasteiger partial charge on any atom is -0.467 e. The predicted molar refractivity (Wildman–Crippen MR) is 63.5 cm³/mol. The van der Waals surface area contributed by atoms with Gasteiger partial charge >= 0.3 is 6.03 Å². The minimum atomic E-state index is -0.271. The van der Waals surface area contributed by atoms with E-state index in [1.54, 1.807) is 36.7 Å². The Morgan fingerprint density at radius 1 is 1.47 bits per heavy atom. The maximum Gasteiger partial charge on any atom is 0.319 e. The molecule has 0 spiro atoms. The standard InChI is InChI=1S/C12H13N3O2/c1-9-7-10(4-5-13-9)15-12(16)14-8-11-3-2-6-17-11/h2-7H,8H2,1H3,(H2,13,14,15,16). The lowest BCUT2D eigenvalue weighted by Crippen LogP contribution is -2.28. The molecule has 0 fully saturated rings. The molecule has 0 aromatic carbocycles. The fourth-order valence-corrected chi connectivity index (χ4v) is 1.38. The number of aromatic nitrogens is 1. The molecule has 5 heteroatoms. The number of nitrogens with one attached hydrogen (secondary N) is 2. The number of urea groups is 1. The Bertz CT molecular complexity index is 494. The molecule has 0 aliphatic rings. The number of aryl methyl sites for hydroxylation is 1. The van der Waals surface area contributed by atoms with Crippen LogP contribution in [0.2, 0.25) is 0 Å². The average molecular weight is 231 g/mol. The van der Waals surface area contributed by atoms with Crippen molar-refractivity contribution in [3.05, 3.63) is 48.2 Å². The molecule has 2 N–H and O–H groups in total. The van der Waals surface area contributed by atoms with Crippen molar-refractivity contribution in [2.24, 2.45) is 0 Å². The maximum atomic E-state index is 11.5. The summed E-state index contributed by atoms with van der Waals surface area (Å²) in [5, 5.41) is 5.40. The van der Waals surface area contributed by atoms with E-state index in [1.165, 1.54) is 0 Å². The smallest absolute Gasteiger partial charge is 0.319 e. The number of carbonyl (C=O) groups is 1. The molecule has 0 aliphatic heterocycles. The normalized spacial score (nSPS) is 9.94. The topological polar surface area (TPSA) is 67.2 Å². The summed E-state index contributed by atoms with van der Waals surface area (Å²) in [7, 11) is 0. The highest BCUT2D eigenvalue weighted by molar-refractivity contribution is 5.89. The van der Waals surface area contributed by atoms with Gasteiger partial charge in [-0.3, -0.25) is 4.98 Å². The van der Waals surface area contributed by atoms with Gasteiger partial charge in [-0.15, -0.1) is 0 Å². The van der Waals surface area contributed by atoms with Crippen molar-refractivity contribution in [1.29, 1.82) is 0 Å². The number of nitrogens with zero attached hydrogens (tertiary/aromatic N) is 1. The first-order valence-electron chi connectivity index (χ1n) is 5.24.